The van der Waals surface area contributed by atoms with E-state index in [0.29, 0.717) is 45.2 Å². The number of nitrogens with two attached hydrogens (primary N) is 1. The fourth-order valence-electron chi connectivity index (χ4n) is 4.19. The van der Waals surface area contributed by atoms with Crippen molar-refractivity contribution in [3.63, 3.8) is 0 Å². The van der Waals surface area contributed by atoms with E-state index in [1.54, 1.807) is 0 Å². The van der Waals surface area contributed by atoms with Crippen molar-refractivity contribution in [1.29, 1.82) is 0 Å². The zero-order valence-electron chi connectivity index (χ0n) is 21.7. The van der Waals surface area contributed by atoms with Gasteiger partial charge in [0.05, 0.1) is 18.6 Å². The summed E-state index contributed by atoms with van der Waals surface area (Å²) in [6.45, 7) is 2.76. The van der Waals surface area contributed by atoms with Crippen LogP contribution >= 0.6 is 0 Å². The number of benzene rings is 1. The van der Waals surface area contributed by atoms with Gasteiger partial charge in [-0.3, -0.25) is 18.8 Å². The second-order valence-corrected chi connectivity index (χ2v) is 9.51. The molecule has 9 nitrogen and oxygen atoms in total. The van der Waals surface area contributed by atoms with Crippen LogP contribution in [0.2, 0.25) is 0 Å². The third-order valence-corrected chi connectivity index (χ3v) is 6.47. The van der Waals surface area contributed by atoms with Gasteiger partial charge in [-0.2, -0.15) is 0 Å². The Morgan fingerprint density at radius 1 is 1.00 bits per heavy atom. The molecule has 2 amide bonds. The Kier molecular flexibility index (Phi) is 13.8. The summed E-state index contributed by atoms with van der Waals surface area (Å²) < 4.78 is 17.8. The van der Waals surface area contributed by atoms with Crippen LogP contribution in [0, 0.1) is 5.92 Å². The molecule has 37 heavy (non-hydrogen) atoms. The number of hydrogen-bond acceptors (Lipinski definition) is 7. The summed E-state index contributed by atoms with van der Waals surface area (Å²) in [7, 11) is 0. The van der Waals surface area contributed by atoms with Crippen LogP contribution in [0.5, 0.6) is 0 Å². The molecule has 0 aliphatic carbocycles. The normalized spacial score (nSPS) is 16.3. The Hall–Kier alpha value is -2.85. The standard InChI is InChI=1S/C27H41FN4O5/c1-2-3-11-23(27(36)37-26(35)20-13-16-30-17-14-20)32-25(34)22(12-7-8-15-28)31-24(33)21(29)18-19-9-5-4-6-10-19/h4-6,9-10,20-23,30H,2-3,7-8,11-18,29H2,1H3,(H,31,33)(H,32,34)/t21-,22-,23?/m1/s1. The monoisotopic (exact) mass is 520 g/mol. The molecule has 0 spiro atoms. The van der Waals surface area contributed by atoms with Crippen molar-refractivity contribution in [3.8, 4) is 0 Å². The molecule has 1 fully saturated rings. The molecule has 1 saturated heterocycles. The first kappa shape index (κ1) is 30.4. The van der Waals surface area contributed by atoms with Crippen LogP contribution in [0.1, 0.15) is 63.9 Å². The molecular weight excluding hydrogens is 479 g/mol. The molecule has 0 radical (unpaired) electrons. The predicted octanol–water partition coefficient (Wildman–Crippen LogP) is 1.93. The summed E-state index contributed by atoms with van der Waals surface area (Å²) in [6.07, 6.45) is 3.93. The topological polar surface area (TPSA) is 140 Å². The molecule has 0 bridgehead atoms. The van der Waals surface area contributed by atoms with Crippen LogP contribution in [0.25, 0.3) is 0 Å². The molecule has 0 aromatic heterocycles. The molecule has 0 saturated carbocycles. The van der Waals surface area contributed by atoms with E-state index in [-0.39, 0.29) is 25.2 Å². The van der Waals surface area contributed by atoms with Crippen LogP contribution in [0.3, 0.4) is 0 Å². The Labute approximate surface area is 218 Å². The average molecular weight is 521 g/mol. The number of amides is 2. The Morgan fingerprint density at radius 2 is 1.65 bits per heavy atom. The number of alkyl halides is 1. The molecule has 1 heterocycles. The smallest absolute Gasteiger partial charge is 0.336 e. The highest BCUT2D eigenvalue weighted by Crippen LogP contribution is 2.15. The fraction of sp³-hybridized carbons (Fsp3) is 0.630. The van der Waals surface area contributed by atoms with E-state index in [2.05, 4.69) is 16.0 Å². The van der Waals surface area contributed by atoms with Crippen molar-refractivity contribution in [3.05, 3.63) is 35.9 Å². The van der Waals surface area contributed by atoms with Crippen LogP contribution in [0.4, 0.5) is 4.39 Å². The van der Waals surface area contributed by atoms with E-state index >= 15 is 0 Å². The van der Waals surface area contributed by atoms with E-state index < -0.39 is 48.6 Å². The van der Waals surface area contributed by atoms with Gasteiger partial charge >= 0.3 is 11.9 Å². The molecule has 1 aliphatic heterocycles. The van der Waals surface area contributed by atoms with E-state index in [0.717, 1.165) is 12.0 Å². The number of unbranched alkanes of at least 4 members (excludes halogenated alkanes) is 2. The predicted molar refractivity (Wildman–Crippen MR) is 138 cm³/mol. The molecular formula is C27H41FN4O5. The number of ether oxygens (including phenoxy) is 1. The van der Waals surface area contributed by atoms with Gasteiger partial charge in [0.15, 0.2) is 0 Å². The van der Waals surface area contributed by atoms with Crippen molar-refractivity contribution in [2.24, 2.45) is 11.7 Å². The molecule has 1 aromatic rings. The molecule has 206 valence electrons. The molecule has 1 unspecified atom stereocenters. The Balaban J connectivity index is 2.03. The van der Waals surface area contributed by atoms with Gasteiger partial charge in [-0.05, 0) is 63.6 Å². The van der Waals surface area contributed by atoms with Gasteiger partial charge in [-0.1, -0.05) is 50.1 Å². The zero-order chi connectivity index (χ0) is 27.0. The first-order chi connectivity index (χ1) is 17.8. The van der Waals surface area contributed by atoms with Gasteiger partial charge in [0, 0.05) is 0 Å². The molecule has 5 N–H and O–H groups in total. The van der Waals surface area contributed by atoms with Crippen molar-refractivity contribution in [1.82, 2.24) is 16.0 Å². The van der Waals surface area contributed by atoms with Gasteiger partial charge in [0.2, 0.25) is 11.8 Å². The lowest BCUT2D eigenvalue weighted by Gasteiger charge is -2.25. The highest BCUT2D eigenvalue weighted by atomic mass is 19.1. The molecule has 3 atom stereocenters. The van der Waals surface area contributed by atoms with Crippen LogP contribution in [0.15, 0.2) is 30.3 Å². The highest BCUT2D eigenvalue weighted by molar-refractivity contribution is 5.94. The molecule has 1 aliphatic rings. The number of nitrogens with one attached hydrogen (secondary N) is 3. The zero-order valence-corrected chi connectivity index (χ0v) is 21.7. The van der Waals surface area contributed by atoms with Gasteiger partial charge in [0.1, 0.15) is 12.1 Å². The maximum absolute atomic E-state index is 13.2. The number of piperidine rings is 1. The van der Waals surface area contributed by atoms with Crippen molar-refractivity contribution in [2.45, 2.75) is 82.8 Å². The van der Waals surface area contributed by atoms with Gasteiger partial charge in [-0.25, -0.2) is 4.79 Å². The minimum absolute atomic E-state index is 0.184. The maximum atomic E-state index is 13.2. The molecule has 10 heteroatoms. The van der Waals surface area contributed by atoms with E-state index in [1.165, 1.54) is 0 Å². The number of rotatable bonds is 15. The quantitative estimate of drug-likeness (QED) is 0.157. The van der Waals surface area contributed by atoms with Crippen molar-refractivity contribution < 1.29 is 28.3 Å². The maximum Gasteiger partial charge on any atom is 0.336 e. The lowest BCUT2D eigenvalue weighted by molar-refractivity contribution is -0.165. The second kappa shape index (κ2) is 16.8. The third-order valence-electron chi connectivity index (χ3n) is 6.47. The summed E-state index contributed by atoms with van der Waals surface area (Å²) in [5, 5.41) is 8.47. The summed E-state index contributed by atoms with van der Waals surface area (Å²) in [6, 6.07) is 6.34. The number of halogens is 1. The molecule has 1 aromatic carbocycles. The minimum atomic E-state index is -1.03. The second-order valence-electron chi connectivity index (χ2n) is 9.51. The largest absolute Gasteiger partial charge is 0.391 e. The van der Waals surface area contributed by atoms with Crippen LogP contribution in [-0.4, -0.2) is 61.6 Å². The van der Waals surface area contributed by atoms with E-state index in [4.69, 9.17) is 10.5 Å². The van der Waals surface area contributed by atoms with Crippen molar-refractivity contribution >= 4 is 23.8 Å². The SMILES string of the molecule is CCCCC(NC(=O)[C@@H](CCCCF)NC(=O)[C@H](N)Cc1ccccc1)C(=O)OC(=O)C1CCNCC1. The van der Waals surface area contributed by atoms with Crippen molar-refractivity contribution in [2.75, 3.05) is 19.8 Å². The summed E-state index contributed by atoms with van der Waals surface area (Å²) >= 11 is 0. The Bertz CT molecular complexity index is 864. The molecule has 2 rings (SSSR count). The first-order valence-electron chi connectivity index (χ1n) is 13.3. The summed E-state index contributed by atoms with van der Waals surface area (Å²) in [5.41, 5.74) is 6.95. The Morgan fingerprint density at radius 3 is 2.30 bits per heavy atom. The fourth-order valence-corrected chi connectivity index (χ4v) is 4.19. The average Bonchev–Trinajstić information content (AvgIpc) is 2.91. The van der Waals surface area contributed by atoms with E-state index in [1.807, 2.05) is 37.3 Å². The van der Waals surface area contributed by atoms with E-state index in [9.17, 15) is 23.6 Å². The number of carbonyl (C=O) groups is 4. The third kappa shape index (κ3) is 11.0. The lowest BCUT2D eigenvalue weighted by Crippen LogP contribution is -2.55. The van der Waals surface area contributed by atoms with Gasteiger partial charge < -0.3 is 26.4 Å². The van der Waals surface area contributed by atoms with Gasteiger partial charge in [-0.15, -0.1) is 0 Å². The highest BCUT2D eigenvalue weighted by Gasteiger charge is 2.31. The lowest BCUT2D eigenvalue weighted by atomic mass is 9.98. The van der Waals surface area contributed by atoms with Crippen LogP contribution < -0.4 is 21.7 Å². The number of carbonyl (C=O) groups excluding carboxylic acids is 4. The number of esters is 2. The summed E-state index contributed by atoms with van der Waals surface area (Å²) in [5.74, 6) is -2.85. The first-order valence-corrected chi connectivity index (χ1v) is 13.3. The number of hydrogen-bond donors (Lipinski definition) is 4. The minimum Gasteiger partial charge on any atom is -0.391 e. The van der Waals surface area contributed by atoms with Crippen LogP contribution in [-0.2, 0) is 30.3 Å². The van der Waals surface area contributed by atoms with Gasteiger partial charge in [0.25, 0.3) is 0 Å². The summed E-state index contributed by atoms with van der Waals surface area (Å²) in [4.78, 5) is 51.2.